The second-order valence-corrected chi connectivity index (χ2v) is 7.57. The van der Waals surface area contributed by atoms with Crippen molar-refractivity contribution >= 4 is 17.8 Å². The number of piperidine rings is 1. The Labute approximate surface area is 187 Å². The van der Waals surface area contributed by atoms with Gasteiger partial charge in [-0.15, -0.1) is 5.10 Å². The molecule has 0 bridgehead atoms. The topological polar surface area (TPSA) is 143 Å². The molecule has 4 heterocycles. The number of aromatic nitrogens is 5. The molecule has 0 saturated carbocycles. The van der Waals surface area contributed by atoms with Crippen LogP contribution in [0.2, 0.25) is 0 Å². The van der Waals surface area contributed by atoms with Gasteiger partial charge in [0.2, 0.25) is 5.91 Å². The minimum atomic E-state index is -1.10. The van der Waals surface area contributed by atoms with Gasteiger partial charge in [0.15, 0.2) is 0 Å². The first kappa shape index (κ1) is 22.0. The minimum absolute atomic E-state index is 0.0244. The van der Waals surface area contributed by atoms with E-state index in [2.05, 4.69) is 25.6 Å². The van der Waals surface area contributed by atoms with Crippen LogP contribution in [-0.2, 0) is 11.3 Å². The molecule has 0 aromatic carbocycles. The number of pyridine rings is 2. The summed E-state index contributed by atoms with van der Waals surface area (Å²) < 4.78 is 14.7. The number of carbonyl (C=O) groups is 3. The third-order valence-electron chi connectivity index (χ3n) is 5.32. The van der Waals surface area contributed by atoms with E-state index in [9.17, 15) is 18.8 Å². The summed E-state index contributed by atoms with van der Waals surface area (Å²) in [6.07, 6.45) is 7.61. The molecule has 4 rings (SSSR count). The minimum Gasteiger partial charge on any atom is -0.478 e. The van der Waals surface area contributed by atoms with Gasteiger partial charge in [0.1, 0.15) is 11.5 Å². The van der Waals surface area contributed by atoms with Gasteiger partial charge < -0.3 is 15.3 Å². The fraction of sp³-hybridized carbons (Fsp3) is 0.286. The van der Waals surface area contributed by atoms with Gasteiger partial charge in [-0.25, -0.2) is 13.9 Å². The van der Waals surface area contributed by atoms with E-state index < -0.39 is 11.8 Å². The predicted molar refractivity (Wildman–Crippen MR) is 111 cm³/mol. The molecule has 3 aromatic rings. The number of amides is 2. The second kappa shape index (κ2) is 9.51. The van der Waals surface area contributed by atoms with Crippen LogP contribution in [0.15, 0.2) is 43.1 Å². The molecule has 2 N–H and O–H groups in total. The molecule has 11 nitrogen and oxygen atoms in total. The van der Waals surface area contributed by atoms with E-state index in [4.69, 9.17) is 5.11 Å². The molecule has 170 valence electrons. The third-order valence-corrected chi connectivity index (χ3v) is 5.32. The molecular formula is C21H20FN7O4. The summed E-state index contributed by atoms with van der Waals surface area (Å²) in [5.74, 6) is -2.39. The number of aromatic carboxylic acids is 1. The Hall–Kier alpha value is -4.22. The van der Waals surface area contributed by atoms with Crippen LogP contribution in [0.5, 0.6) is 0 Å². The molecule has 0 spiro atoms. The van der Waals surface area contributed by atoms with Gasteiger partial charge >= 0.3 is 5.97 Å². The smallest absolute Gasteiger partial charge is 0.337 e. The number of hydrogen-bond acceptors (Lipinski definition) is 7. The van der Waals surface area contributed by atoms with Crippen LogP contribution in [0.1, 0.15) is 39.3 Å². The summed E-state index contributed by atoms with van der Waals surface area (Å²) in [7, 11) is 0. The first-order valence-electron chi connectivity index (χ1n) is 10.2. The lowest BCUT2D eigenvalue weighted by Gasteiger charge is -2.31. The lowest BCUT2D eigenvalue weighted by atomic mass is 9.95. The Morgan fingerprint density at radius 3 is 2.52 bits per heavy atom. The van der Waals surface area contributed by atoms with E-state index in [1.165, 1.54) is 29.3 Å². The molecule has 0 unspecified atom stereocenters. The average molecular weight is 453 g/mol. The van der Waals surface area contributed by atoms with Crippen LogP contribution in [0.3, 0.4) is 0 Å². The average Bonchev–Trinajstić information content (AvgIpc) is 3.31. The summed E-state index contributed by atoms with van der Waals surface area (Å²) in [5, 5.41) is 19.8. The normalized spacial score (nSPS) is 14.2. The van der Waals surface area contributed by atoms with Crippen LogP contribution < -0.4 is 5.32 Å². The standard InChI is InChI=1S/C21H20FN7O4/c22-16-5-14(7-23-9-16)20(31)28-3-1-13(2-4-28)19(30)25-10-17-12-29(27-26-17)18-6-15(21(32)33)8-24-11-18/h5-9,11-13H,1-4,10H2,(H,25,30)(H,32,33). The number of halogens is 1. The van der Waals surface area contributed by atoms with Gasteiger partial charge in [0, 0.05) is 31.4 Å². The summed E-state index contributed by atoms with van der Waals surface area (Å²) in [6.45, 7) is 0.923. The molecule has 1 aliphatic rings. The highest BCUT2D eigenvalue weighted by Crippen LogP contribution is 2.19. The fourth-order valence-electron chi connectivity index (χ4n) is 3.55. The van der Waals surface area contributed by atoms with Crippen LogP contribution in [0, 0.1) is 11.7 Å². The van der Waals surface area contributed by atoms with Gasteiger partial charge in [-0.1, -0.05) is 5.21 Å². The summed E-state index contributed by atoms with van der Waals surface area (Å²) >= 11 is 0. The fourth-order valence-corrected chi connectivity index (χ4v) is 3.55. The van der Waals surface area contributed by atoms with Crippen molar-refractivity contribution in [3.8, 4) is 5.69 Å². The predicted octanol–water partition coefficient (Wildman–Crippen LogP) is 1.06. The summed E-state index contributed by atoms with van der Waals surface area (Å²) in [5.41, 5.74) is 1.14. The Morgan fingerprint density at radius 1 is 1.06 bits per heavy atom. The number of hydrogen-bond donors (Lipinski definition) is 2. The maximum Gasteiger partial charge on any atom is 0.337 e. The SMILES string of the molecule is O=C(O)c1cncc(-n2cc(CNC(=O)C3CCN(C(=O)c4cncc(F)c4)CC3)nn2)c1. The maximum absolute atomic E-state index is 13.3. The van der Waals surface area contributed by atoms with E-state index in [0.717, 1.165) is 12.3 Å². The van der Waals surface area contributed by atoms with Crippen molar-refractivity contribution in [1.29, 1.82) is 0 Å². The van der Waals surface area contributed by atoms with Gasteiger partial charge in [-0.3, -0.25) is 19.6 Å². The van der Waals surface area contributed by atoms with Crippen molar-refractivity contribution in [2.45, 2.75) is 19.4 Å². The number of likely N-dealkylation sites (tertiary alicyclic amines) is 1. The molecule has 0 radical (unpaired) electrons. The first-order valence-corrected chi connectivity index (χ1v) is 10.2. The zero-order valence-electron chi connectivity index (χ0n) is 17.4. The molecular weight excluding hydrogens is 433 g/mol. The Kier molecular flexibility index (Phi) is 6.33. The largest absolute Gasteiger partial charge is 0.478 e. The van der Waals surface area contributed by atoms with Gasteiger partial charge in [0.05, 0.1) is 41.9 Å². The van der Waals surface area contributed by atoms with Crippen LogP contribution in [-0.4, -0.2) is 65.8 Å². The molecule has 1 saturated heterocycles. The van der Waals surface area contributed by atoms with Gasteiger partial charge in [-0.05, 0) is 25.0 Å². The molecule has 33 heavy (non-hydrogen) atoms. The summed E-state index contributed by atoms with van der Waals surface area (Å²) in [6, 6.07) is 2.57. The zero-order chi connectivity index (χ0) is 23.4. The number of nitrogens with zero attached hydrogens (tertiary/aromatic N) is 6. The third kappa shape index (κ3) is 5.17. The van der Waals surface area contributed by atoms with E-state index >= 15 is 0 Å². The first-order chi connectivity index (χ1) is 15.9. The number of carboxylic acids is 1. The van der Waals surface area contributed by atoms with Gasteiger partial charge in [-0.2, -0.15) is 0 Å². The number of carboxylic acid groups (broad SMARTS) is 1. The molecule has 0 aliphatic carbocycles. The molecule has 1 aliphatic heterocycles. The number of carbonyl (C=O) groups excluding carboxylic acids is 2. The van der Waals surface area contributed by atoms with E-state index in [1.807, 2.05) is 0 Å². The van der Waals surface area contributed by atoms with Crippen molar-refractivity contribution in [2.24, 2.45) is 5.92 Å². The van der Waals surface area contributed by atoms with Crippen LogP contribution >= 0.6 is 0 Å². The monoisotopic (exact) mass is 453 g/mol. The maximum atomic E-state index is 13.3. The highest BCUT2D eigenvalue weighted by atomic mass is 19.1. The Balaban J connectivity index is 1.28. The Morgan fingerprint density at radius 2 is 1.79 bits per heavy atom. The Bertz CT molecular complexity index is 1190. The quantitative estimate of drug-likeness (QED) is 0.564. The van der Waals surface area contributed by atoms with Crippen LogP contribution in [0.4, 0.5) is 4.39 Å². The van der Waals surface area contributed by atoms with Crippen molar-refractivity contribution in [3.63, 3.8) is 0 Å². The summed E-state index contributed by atoms with van der Waals surface area (Å²) in [4.78, 5) is 45.3. The van der Waals surface area contributed by atoms with E-state index in [1.54, 1.807) is 11.1 Å². The lowest BCUT2D eigenvalue weighted by molar-refractivity contribution is -0.126. The van der Waals surface area contributed by atoms with Crippen LogP contribution in [0.25, 0.3) is 5.69 Å². The number of rotatable bonds is 6. The van der Waals surface area contributed by atoms with E-state index in [-0.39, 0.29) is 35.4 Å². The van der Waals surface area contributed by atoms with Crippen molar-refractivity contribution in [2.75, 3.05) is 13.1 Å². The molecule has 1 fully saturated rings. The van der Waals surface area contributed by atoms with E-state index in [0.29, 0.717) is 37.3 Å². The van der Waals surface area contributed by atoms with Gasteiger partial charge in [0.25, 0.3) is 5.91 Å². The van der Waals surface area contributed by atoms with Crippen molar-refractivity contribution in [1.82, 2.24) is 35.2 Å². The highest BCUT2D eigenvalue weighted by molar-refractivity contribution is 5.94. The van der Waals surface area contributed by atoms with Crippen molar-refractivity contribution in [3.05, 3.63) is 65.8 Å². The molecule has 12 heteroatoms. The highest BCUT2D eigenvalue weighted by Gasteiger charge is 2.28. The zero-order valence-corrected chi connectivity index (χ0v) is 17.4. The lowest BCUT2D eigenvalue weighted by Crippen LogP contribution is -2.43. The van der Waals surface area contributed by atoms with Crippen molar-refractivity contribution < 1.29 is 23.9 Å². The number of nitrogens with one attached hydrogen (secondary N) is 1. The molecule has 3 aromatic heterocycles. The molecule has 2 amide bonds. The molecule has 0 atom stereocenters. The second-order valence-electron chi connectivity index (χ2n) is 7.57.